The number of carbonyl (C=O) groups is 1. The fourth-order valence-electron chi connectivity index (χ4n) is 1.25. The number of hydrogen-bond acceptors (Lipinski definition) is 3. The van der Waals surface area contributed by atoms with Gasteiger partial charge in [-0.05, 0) is 25.1 Å². The number of nitrogens with one attached hydrogen (secondary N) is 1. The Bertz CT molecular complexity index is 570. The maximum Gasteiger partial charge on any atom is 0.260 e. The Balaban J connectivity index is 2.20. The van der Waals surface area contributed by atoms with Crippen molar-refractivity contribution in [2.45, 2.75) is 6.92 Å². The quantitative estimate of drug-likeness (QED) is 0.907. The molecule has 1 aromatic carbocycles. The van der Waals surface area contributed by atoms with E-state index < -0.39 is 11.7 Å². The van der Waals surface area contributed by atoms with E-state index in [4.69, 9.17) is 11.6 Å². The molecular formula is C11H8ClFN2OS. The predicted octanol–water partition coefficient (Wildman–Crippen LogP) is 3.50. The summed E-state index contributed by atoms with van der Waals surface area (Å²) in [6, 6.07) is 3.91. The van der Waals surface area contributed by atoms with Gasteiger partial charge in [-0.25, -0.2) is 9.37 Å². The first-order valence-electron chi connectivity index (χ1n) is 4.75. The highest BCUT2D eigenvalue weighted by molar-refractivity contribution is 7.13. The van der Waals surface area contributed by atoms with Crippen molar-refractivity contribution in [2.24, 2.45) is 0 Å². The van der Waals surface area contributed by atoms with E-state index in [0.29, 0.717) is 5.13 Å². The van der Waals surface area contributed by atoms with Gasteiger partial charge in [-0.1, -0.05) is 11.6 Å². The van der Waals surface area contributed by atoms with Gasteiger partial charge < -0.3 is 0 Å². The Morgan fingerprint density at radius 3 is 2.88 bits per heavy atom. The number of nitrogens with zero attached hydrogens (tertiary/aromatic N) is 1. The SMILES string of the molecule is Cc1csc(NC(=O)c2ccc(Cl)cc2F)n1. The Labute approximate surface area is 106 Å². The molecule has 17 heavy (non-hydrogen) atoms. The topological polar surface area (TPSA) is 42.0 Å². The average molecular weight is 271 g/mol. The summed E-state index contributed by atoms with van der Waals surface area (Å²) in [6.45, 7) is 1.81. The maximum absolute atomic E-state index is 13.4. The van der Waals surface area contributed by atoms with E-state index >= 15 is 0 Å². The number of thiazole rings is 1. The van der Waals surface area contributed by atoms with Crippen molar-refractivity contribution >= 4 is 34.0 Å². The monoisotopic (exact) mass is 270 g/mol. The van der Waals surface area contributed by atoms with Crippen LogP contribution in [-0.4, -0.2) is 10.9 Å². The lowest BCUT2D eigenvalue weighted by Crippen LogP contribution is -2.13. The highest BCUT2D eigenvalue weighted by Gasteiger charge is 2.13. The molecule has 1 aromatic heterocycles. The standard InChI is InChI=1S/C11H8ClFN2OS/c1-6-5-17-11(14-6)15-10(16)8-3-2-7(12)4-9(8)13/h2-5H,1H3,(H,14,15,16). The zero-order valence-corrected chi connectivity index (χ0v) is 10.4. The first-order chi connectivity index (χ1) is 8.06. The Hall–Kier alpha value is -1.46. The third-order valence-electron chi connectivity index (χ3n) is 2.02. The minimum Gasteiger partial charge on any atom is -0.298 e. The minimum absolute atomic E-state index is 0.0535. The highest BCUT2D eigenvalue weighted by atomic mass is 35.5. The van der Waals surface area contributed by atoms with E-state index in [9.17, 15) is 9.18 Å². The van der Waals surface area contributed by atoms with E-state index in [1.165, 1.54) is 23.5 Å². The van der Waals surface area contributed by atoms with E-state index in [2.05, 4.69) is 10.3 Å². The molecule has 1 amide bonds. The Kier molecular flexibility index (Phi) is 3.40. The number of aryl methyl sites for hydroxylation is 1. The van der Waals surface area contributed by atoms with Crippen molar-refractivity contribution in [3.8, 4) is 0 Å². The molecule has 0 fully saturated rings. The summed E-state index contributed by atoms with van der Waals surface area (Å²) in [5.74, 6) is -1.18. The van der Waals surface area contributed by atoms with Crippen molar-refractivity contribution < 1.29 is 9.18 Å². The number of halogens is 2. The fraction of sp³-hybridized carbons (Fsp3) is 0.0909. The van der Waals surface area contributed by atoms with E-state index in [-0.39, 0.29) is 10.6 Å². The normalized spacial score (nSPS) is 10.3. The minimum atomic E-state index is -0.650. The van der Waals surface area contributed by atoms with Crippen LogP contribution >= 0.6 is 22.9 Å². The number of aromatic nitrogens is 1. The molecule has 1 N–H and O–H groups in total. The molecule has 0 aliphatic carbocycles. The molecule has 0 saturated heterocycles. The van der Waals surface area contributed by atoms with Crippen LogP contribution in [0.2, 0.25) is 5.02 Å². The lowest BCUT2D eigenvalue weighted by atomic mass is 10.2. The van der Waals surface area contributed by atoms with Gasteiger partial charge in [-0.2, -0.15) is 0 Å². The molecule has 0 radical (unpaired) electrons. The Morgan fingerprint density at radius 1 is 1.53 bits per heavy atom. The number of benzene rings is 1. The second-order valence-electron chi connectivity index (χ2n) is 3.37. The van der Waals surface area contributed by atoms with Crippen molar-refractivity contribution in [1.29, 1.82) is 0 Å². The van der Waals surface area contributed by atoms with Gasteiger partial charge in [-0.3, -0.25) is 10.1 Å². The van der Waals surface area contributed by atoms with Crippen LogP contribution in [0.3, 0.4) is 0 Å². The van der Waals surface area contributed by atoms with Crippen LogP contribution in [0.25, 0.3) is 0 Å². The van der Waals surface area contributed by atoms with Crippen molar-refractivity contribution in [1.82, 2.24) is 4.98 Å². The summed E-state index contributed by atoms with van der Waals surface area (Å²) >= 11 is 6.89. The molecule has 0 spiro atoms. The molecule has 0 aliphatic heterocycles. The molecule has 1 heterocycles. The molecule has 2 rings (SSSR count). The van der Waals surface area contributed by atoms with Crippen LogP contribution in [0, 0.1) is 12.7 Å². The van der Waals surface area contributed by atoms with Gasteiger partial charge in [0.1, 0.15) is 5.82 Å². The Morgan fingerprint density at radius 2 is 2.29 bits per heavy atom. The van der Waals surface area contributed by atoms with E-state index in [1.54, 1.807) is 5.38 Å². The predicted molar refractivity (Wildman–Crippen MR) is 66.2 cm³/mol. The zero-order chi connectivity index (χ0) is 12.4. The molecule has 2 aromatic rings. The maximum atomic E-state index is 13.4. The van der Waals surface area contributed by atoms with Gasteiger partial charge >= 0.3 is 0 Å². The third kappa shape index (κ3) is 2.81. The van der Waals surface area contributed by atoms with Crippen LogP contribution in [-0.2, 0) is 0 Å². The molecule has 0 saturated carbocycles. The molecule has 6 heteroatoms. The summed E-state index contributed by atoms with van der Waals surface area (Å²) < 4.78 is 13.4. The van der Waals surface area contributed by atoms with Crippen molar-refractivity contribution in [3.05, 3.63) is 45.7 Å². The number of amides is 1. The van der Waals surface area contributed by atoms with Gasteiger partial charge in [0, 0.05) is 10.4 Å². The second kappa shape index (κ2) is 4.81. The first-order valence-corrected chi connectivity index (χ1v) is 6.00. The average Bonchev–Trinajstić information content (AvgIpc) is 2.63. The summed E-state index contributed by atoms with van der Waals surface area (Å²) in [5, 5.41) is 5.02. The highest BCUT2D eigenvalue weighted by Crippen LogP contribution is 2.18. The lowest BCUT2D eigenvalue weighted by molar-refractivity contribution is 0.102. The summed E-state index contributed by atoms with van der Waals surface area (Å²) in [7, 11) is 0. The van der Waals surface area contributed by atoms with E-state index in [1.807, 2.05) is 6.92 Å². The molecule has 0 bridgehead atoms. The molecule has 88 valence electrons. The number of hydrogen-bond donors (Lipinski definition) is 1. The van der Waals surface area contributed by atoms with Gasteiger partial charge in [-0.15, -0.1) is 11.3 Å². The molecule has 0 aliphatic rings. The largest absolute Gasteiger partial charge is 0.298 e. The molecule has 0 atom stereocenters. The molecule has 3 nitrogen and oxygen atoms in total. The molecule has 0 unspecified atom stereocenters. The number of carbonyl (C=O) groups excluding carboxylic acids is 1. The van der Waals surface area contributed by atoms with Crippen LogP contribution in [0.15, 0.2) is 23.6 Å². The van der Waals surface area contributed by atoms with Crippen LogP contribution in [0.1, 0.15) is 16.1 Å². The second-order valence-corrected chi connectivity index (χ2v) is 4.67. The summed E-state index contributed by atoms with van der Waals surface area (Å²) in [4.78, 5) is 15.8. The summed E-state index contributed by atoms with van der Waals surface area (Å²) in [5.41, 5.74) is 0.754. The smallest absolute Gasteiger partial charge is 0.260 e. The van der Waals surface area contributed by atoms with Gasteiger partial charge in [0.15, 0.2) is 5.13 Å². The lowest BCUT2D eigenvalue weighted by Gasteiger charge is -2.03. The number of anilines is 1. The van der Waals surface area contributed by atoms with Crippen molar-refractivity contribution in [3.63, 3.8) is 0 Å². The van der Waals surface area contributed by atoms with Gasteiger partial charge in [0.25, 0.3) is 5.91 Å². The first kappa shape index (κ1) is 12.0. The van der Waals surface area contributed by atoms with Crippen LogP contribution in [0.5, 0.6) is 0 Å². The number of rotatable bonds is 2. The van der Waals surface area contributed by atoms with Crippen molar-refractivity contribution in [2.75, 3.05) is 5.32 Å². The van der Waals surface area contributed by atoms with Crippen LogP contribution < -0.4 is 5.32 Å². The van der Waals surface area contributed by atoms with Crippen LogP contribution in [0.4, 0.5) is 9.52 Å². The molecular weight excluding hydrogens is 263 g/mol. The van der Waals surface area contributed by atoms with Gasteiger partial charge in [0.2, 0.25) is 0 Å². The fourth-order valence-corrected chi connectivity index (χ4v) is 2.09. The van der Waals surface area contributed by atoms with E-state index in [0.717, 1.165) is 11.8 Å². The summed E-state index contributed by atoms with van der Waals surface area (Å²) in [6.07, 6.45) is 0. The zero-order valence-electron chi connectivity index (χ0n) is 8.83. The van der Waals surface area contributed by atoms with Gasteiger partial charge in [0.05, 0.1) is 11.3 Å². The third-order valence-corrected chi connectivity index (χ3v) is 3.13.